The normalized spacial score (nSPS) is 10.3. The van der Waals surface area contributed by atoms with Crippen molar-refractivity contribution in [3.8, 4) is 0 Å². The lowest BCUT2D eigenvalue weighted by Crippen LogP contribution is -1.83. The molecule has 0 aliphatic rings. The van der Waals surface area contributed by atoms with E-state index < -0.39 is 0 Å². The van der Waals surface area contributed by atoms with Gasteiger partial charge in [-0.3, -0.25) is 0 Å². The van der Waals surface area contributed by atoms with Gasteiger partial charge in [-0.15, -0.1) is 0 Å². The molecule has 0 saturated heterocycles. The third-order valence-corrected chi connectivity index (χ3v) is 3.57. The average Bonchev–Trinajstić information content (AvgIpc) is 2.25. The minimum atomic E-state index is 0.436. The van der Waals surface area contributed by atoms with E-state index in [0.29, 0.717) is 5.15 Å². The quantitative estimate of drug-likeness (QED) is 0.837. The van der Waals surface area contributed by atoms with Crippen molar-refractivity contribution >= 4 is 39.3 Å². The number of nitrogens with zero attached hydrogens (tertiary/aromatic N) is 2. The maximum Gasteiger partial charge on any atom is 0.161 e. The Balaban J connectivity index is 2.22. The van der Waals surface area contributed by atoms with Gasteiger partial charge < -0.3 is 0 Å². The second-order valence-corrected chi connectivity index (χ2v) is 5.04. The van der Waals surface area contributed by atoms with Crippen LogP contribution in [0, 0.1) is 0 Å². The highest BCUT2D eigenvalue weighted by Crippen LogP contribution is 2.30. The fourth-order valence-electron chi connectivity index (χ4n) is 0.991. The number of rotatable bonds is 2. The van der Waals surface area contributed by atoms with Crippen LogP contribution < -0.4 is 0 Å². The van der Waals surface area contributed by atoms with Crippen molar-refractivity contribution in [2.24, 2.45) is 0 Å². The summed E-state index contributed by atoms with van der Waals surface area (Å²) in [4.78, 5) is 9.20. The van der Waals surface area contributed by atoms with Crippen molar-refractivity contribution in [2.45, 2.75) is 9.92 Å². The zero-order chi connectivity index (χ0) is 10.7. The monoisotopic (exact) mass is 300 g/mol. The van der Waals surface area contributed by atoms with Crippen molar-refractivity contribution in [1.29, 1.82) is 0 Å². The fraction of sp³-hybridized carbons (Fsp3) is 0. The van der Waals surface area contributed by atoms with Crippen LogP contribution in [0.4, 0.5) is 0 Å². The standard InChI is InChI=1S/C10H6BrClN2S/c11-7-1-3-8(4-2-7)15-10-9(12)13-5-6-14-10/h1-6H. The molecular weight excluding hydrogens is 296 g/mol. The van der Waals surface area contributed by atoms with Gasteiger partial charge in [0, 0.05) is 21.8 Å². The molecule has 0 amide bonds. The van der Waals surface area contributed by atoms with Gasteiger partial charge in [0.05, 0.1) is 0 Å². The van der Waals surface area contributed by atoms with Crippen LogP contribution in [0.5, 0.6) is 0 Å². The molecule has 0 saturated carbocycles. The molecule has 0 unspecified atom stereocenters. The van der Waals surface area contributed by atoms with Crippen molar-refractivity contribution in [3.63, 3.8) is 0 Å². The maximum atomic E-state index is 5.90. The Morgan fingerprint density at radius 1 is 1.07 bits per heavy atom. The Morgan fingerprint density at radius 3 is 2.40 bits per heavy atom. The van der Waals surface area contributed by atoms with Crippen molar-refractivity contribution in [1.82, 2.24) is 9.97 Å². The lowest BCUT2D eigenvalue weighted by molar-refractivity contribution is 1.06. The first kappa shape index (κ1) is 10.9. The molecule has 1 heterocycles. The lowest BCUT2D eigenvalue weighted by atomic mass is 10.4. The van der Waals surface area contributed by atoms with Crippen LogP contribution in [0.3, 0.4) is 0 Å². The van der Waals surface area contributed by atoms with Crippen LogP contribution in [-0.2, 0) is 0 Å². The molecule has 15 heavy (non-hydrogen) atoms. The maximum absolute atomic E-state index is 5.90. The second-order valence-electron chi connectivity index (χ2n) is 2.71. The highest BCUT2D eigenvalue weighted by molar-refractivity contribution is 9.10. The van der Waals surface area contributed by atoms with Gasteiger partial charge in [0.1, 0.15) is 5.03 Å². The van der Waals surface area contributed by atoms with Crippen LogP contribution in [0.25, 0.3) is 0 Å². The van der Waals surface area contributed by atoms with Gasteiger partial charge in [-0.2, -0.15) is 0 Å². The van der Waals surface area contributed by atoms with Gasteiger partial charge in [-0.05, 0) is 24.3 Å². The number of hydrogen-bond acceptors (Lipinski definition) is 3. The smallest absolute Gasteiger partial charge is 0.161 e. The molecule has 5 heteroatoms. The lowest BCUT2D eigenvalue weighted by Gasteiger charge is -2.01. The number of halogens is 2. The summed E-state index contributed by atoms with van der Waals surface area (Å²) in [6, 6.07) is 7.96. The summed E-state index contributed by atoms with van der Waals surface area (Å²) in [5, 5.41) is 1.16. The molecule has 0 aliphatic heterocycles. The van der Waals surface area contributed by atoms with E-state index in [1.165, 1.54) is 11.8 Å². The zero-order valence-corrected chi connectivity index (χ0v) is 10.7. The summed E-state index contributed by atoms with van der Waals surface area (Å²) in [5.74, 6) is 0. The first-order valence-electron chi connectivity index (χ1n) is 4.15. The van der Waals surface area contributed by atoms with Crippen molar-refractivity contribution in [2.75, 3.05) is 0 Å². The molecule has 2 rings (SSSR count). The highest BCUT2D eigenvalue weighted by Gasteiger charge is 2.04. The third-order valence-electron chi connectivity index (χ3n) is 1.65. The number of aromatic nitrogens is 2. The van der Waals surface area contributed by atoms with E-state index in [0.717, 1.165) is 14.4 Å². The molecule has 0 aliphatic carbocycles. The minimum absolute atomic E-state index is 0.436. The summed E-state index contributed by atoms with van der Waals surface area (Å²) in [7, 11) is 0. The zero-order valence-electron chi connectivity index (χ0n) is 7.52. The first-order valence-corrected chi connectivity index (χ1v) is 6.14. The van der Waals surface area contributed by atoms with E-state index in [9.17, 15) is 0 Å². The molecule has 2 nitrogen and oxygen atoms in total. The van der Waals surface area contributed by atoms with E-state index in [1.54, 1.807) is 12.4 Å². The predicted octanol–water partition coefficient (Wildman–Crippen LogP) is 4.04. The van der Waals surface area contributed by atoms with E-state index >= 15 is 0 Å². The molecular formula is C10H6BrClN2S. The van der Waals surface area contributed by atoms with Crippen LogP contribution in [0.1, 0.15) is 0 Å². The van der Waals surface area contributed by atoms with Gasteiger partial charge in [0.2, 0.25) is 0 Å². The van der Waals surface area contributed by atoms with Gasteiger partial charge in [0.15, 0.2) is 5.15 Å². The molecule has 1 aromatic carbocycles. The Morgan fingerprint density at radius 2 is 1.73 bits per heavy atom. The molecule has 1 aromatic heterocycles. The fourth-order valence-corrected chi connectivity index (χ4v) is 2.22. The molecule has 0 radical (unpaired) electrons. The molecule has 2 aromatic rings. The summed E-state index contributed by atoms with van der Waals surface area (Å²) in [6.07, 6.45) is 3.21. The molecule has 0 fully saturated rings. The summed E-state index contributed by atoms with van der Waals surface area (Å²) in [5.41, 5.74) is 0. The molecule has 0 spiro atoms. The topological polar surface area (TPSA) is 25.8 Å². The second kappa shape index (κ2) is 4.96. The Hall–Kier alpha value is -0.580. The average molecular weight is 302 g/mol. The summed E-state index contributed by atoms with van der Waals surface area (Å²) < 4.78 is 1.05. The Bertz CT molecular complexity index is 461. The van der Waals surface area contributed by atoms with Gasteiger partial charge in [-0.25, -0.2) is 9.97 Å². The summed E-state index contributed by atoms with van der Waals surface area (Å²) >= 11 is 10.8. The van der Waals surface area contributed by atoms with Crippen molar-refractivity contribution in [3.05, 3.63) is 46.3 Å². The van der Waals surface area contributed by atoms with Gasteiger partial charge in [0.25, 0.3) is 0 Å². The van der Waals surface area contributed by atoms with Crippen LogP contribution in [0.2, 0.25) is 5.15 Å². The Labute approximate surface area is 105 Å². The van der Waals surface area contributed by atoms with Crippen molar-refractivity contribution < 1.29 is 0 Å². The largest absolute Gasteiger partial charge is 0.245 e. The molecule has 0 atom stereocenters. The molecule has 0 N–H and O–H groups in total. The number of benzene rings is 1. The highest BCUT2D eigenvalue weighted by atomic mass is 79.9. The minimum Gasteiger partial charge on any atom is -0.245 e. The van der Waals surface area contributed by atoms with Crippen LogP contribution >= 0.6 is 39.3 Å². The van der Waals surface area contributed by atoms with E-state index in [2.05, 4.69) is 25.9 Å². The van der Waals surface area contributed by atoms with Crippen LogP contribution in [-0.4, -0.2) is 9.97 Å². The van der Waals surface area contributed by atoms with E-state index in [4.69, 9.17) is 11.6 Å². The van der Waals surface area contributed by atoms with Gasteiger partial charge in [-0.1, -0.05) is 39.3 Å². The molecule has 0 bridgehead atoms. The molecule has 76 valence electrons. The SMILES string of the molecule is Clc1nccnc1Sc1ccc(Br)cc1. The summed E-state index contributed by atoms with van der Waals surface area (Å²) in [6.45, 7) is 0. The van der Waals surface area contributed by atoms with E-state index in [1.807, 2.05) is 24.3 Å². The predicted molar refractivity (Wildman–Crippen MR) is 65.3 cm³/mol. The van der Waals surface area contributed by atoms with E-state index in [-0.39, 0.29) is 0 Å². The Kier molecular flexibility index (Phi) is 3.61. The number of hydrogen-bond donors (Lipinski definition) is 0. The van der Waals surface area contributed by atoms with Crippen LogP contribution in [0.15, 0.2) is 51.1 Å². The third kappa shape index (κ3) is 2.93. The first-order chi connectivity index (χ1) is 7.25. The van der Waals surface area contributed by atoms with Gasteiger partial charge >= 0.3 is 0 Å².